The van der Waals surface area contributed by atoms with Crippen LogP contribution in [0.4, 0.5) is 4.79 Å². The Morgan fingerprint density at radius 3 is 2.48 bits per heavy atom. The number of likely N-dealkylation sites (tertiary alicyclic amines) is 1. The lowest BCUT2D eigenvalue weighted by Gasteiger charge is -2.43. The summed E-state index contributed by atoms with van der Waals surface area (Å²) < 4.78 is 0. The van der Waals surface area contributed by atoms with E-state index in [-0.39, 0.29) is 6.03 Å². The Bertz CT molecular complexity index is 393. The molecule has 1 aliphatic heterocycles. The lowest BCUT2D eigenvalue weighted by Crippen LogP contribution is -2.60. The Labute approximate surface area is 127 Å². The fourth-order valence-electron chi connectivity index (χ4n) is 3.69. The third-order valence-corrected chi connectivity index (χ3v) is 5.17. The molecule has 1 N–H and O–H groups in total. The maximum atomic E-state index is 12.7. The molecule has 0 aromatic rings. The summed E-state index contributed by atoms with van der Waals surface area (Å²) in [6.07, 6.45) is 8.50. The van der Waals surface area contributed by atoms with E-state index >= 15 is 0 Å². The second-order valence-corrected chi connectivity index (χ2v) is 6.85. The van der Waals surface area contributed by atoms with Crippen LogP contribution in [-0.4, -0.2) is 52.6 Å². The number of piperidine rings is 1. The van der Waals surface area contributed by atoms with Gasteiger partial charge in [0.1, 0.15) is 5.54 Å². The van der Waals surface area contributed by atoms with Crippen LogP contribution in [0.15, 0.2) is 0 Å². The summed E-state index contributed by atoms with van der Waals surface area (Å²) in [6.45, 7) is 2.99. The molecule has 0 spiro atoms. The molecule has 2 rings (SSSR count). The summed E-state index contributed by atoms with van der Waals surface area (Å²) in [5, 5.41) is 9.51. The van der Waals surface area contributed by atoms with E-state index in [0.29, 0.717) is 18.9 Å². The van der Waals surface area contributed by atoms with Crippen LogP contribution in [0.1, 0.15) is 58.3 Å². The van der Waals surface area contributed by atoms with E-state index in [9.17, 15) is 14.7 Å². The van der Waals surface area contributed by atoms with Crippen molar-refractivity contribution in [2.24, 2.45) is 5.92 Å². The molecule has 2 amide bonds. The van der Waals surface area contributed by atoms with Gasteiger partial charge in [-0.15, -0.1) is 0 Å². The van der Waals surface area contributed by atoms with Crippen LogP contribution in [0, 0.1) is 5.92 Å². The predicted molar refractivity (Wildman–Crippen MR) is 81.2 cm³/mol. The molecule has 0 aromatic heterocycles. The molecule has 1 saturated heterocycles. The van der Waals surface area contributed by atoms with Gasteiger partial charge in [0.25, 0.3) is 0 Å². The number of carbonyl (C=O) groups is 2. The molecule has 2 fully saturated rings. The van der Waals surface area contributed by atoms with Crippen molar-refractivity contribution in [2.75, 3.05) is 20.1 Å². The lowest BCUT2D eigenvalue weighted by molar-refractivity contribution is -0.150. The van der Waals surface area contributed by atoms with E-state index in [4.69, 9.17) is 0 Å². The van der Waals surface area contributed by atoms with Gasteiger partial charge in [0, 0.05) is 20.1 Å². The molecule has 0 radical (unpaired) electrons. The highest BCUT2D eigenvalue weighted by atomic mass is 16.4. The number of amides is 2. The highest BCUT2D eigenvalue weighted by Gasteiger charge is 2.44. The van der Waals surface area contributed by atoms with Crippen LogP contribution in [0.25, 0.3) is 0 Å². The van der Waals surface area contributed by atoms with Crippen molar-refractivity contribution in [3.63, 3.8) is 0 Å². The normalized spacial score (nSPS) is 27.4. The monoisotopic (exact) mass is 296 g/mol. The van der Waals surface area contributed by atoms with Crippen LogP contribution in [0.2, 0.25) is 0 Å². The minimum Gasteiger partial charge on any atom is -0.480 e. The van der Waals surface area contributed by atoms with Crippen molar-refractivity contribution in [1.82, 2.24) is 9.80 Å². The Morgan fingerprint density at radius 2 is 1.86 bits per heavy atom. The van der Waals surface area contributed by atoms with Crippen molar-refractivity contribution >= 4 is 12.0 Å². The van der Waals surface area contributed by atoms with Gasteiger partial charge in [0.15, 0.2) is 0 Å². The molecule has 5 heteroatoms. The fourth-order valence-corrected chi connectivity index (χ4v) is 3.69. The first-order valence-electron chi connectivity index (χ1n) is 8.21. The number of aliphatic carboxylic acids is 1. The molecule has 5 nitrogen and oxygen atoms in total. The first-order valence-corrected chi connectivity index (χ1v) is 8.21. The zero-order valence-electron chi connectivity index (χ0n) is 13.3. The van der Waals surface area contributed by atoms with Crippen molar-refractivity contribution in [2.45, 2.75) is 63.8 Å². The van der Waals surface area contributed by atoms with Crippen molar-refractivity contribution in [1.29, 1.82) is 0 Å². The third kappa shape index (κ3) is 3.50. The molecule has 1 heterocycles. The van der Waals surface area contributed by atoms with Gasteiger partial charge in [-0.05, 0) is 44.9 Å². The largest absolute Gasteiger partial charge is 0.480 e. The number of carboxylic acid groups (broad SMARTS) is 1. The van der Waals surface area contributed by atoms with E-state index < -0.39 is 11.5 Å². The summed E-state index contributed by atoms with van der Waals surface area (Å²) in [5.74, 6) is -0.310. The van der Waals surface area contributed by atoms with E-state index in [0.717, 1.165) is 19.4 Å². The molecule has 0 bridgehead atoms. The van der Waals surface area contributed by atoms with E-state index in [2.05, 4.69) is 0 Å². The third-order valence-electron chi connectivity index (χ3n) is 5.17. The zero-order valence-corrected chi connectivity index (χ0v) is 13.3. The van der Waals surface area contributed by atoms with Gasteiger partial charge in [0.2, 0.25) is 0 Å². The highest BCUT2D eigenvalue weighted by Crippen LogP contribution is 2.30. The molecule has 2 aliphatic rings. The highest BCUT2D eigenvalue weighted by molar-refractivity contribution is 5.86. The number of hydrogen-bond acceptors (Lipinski definition) is 2. The van der Waals surface area contributed by atoms with Crippen LogP contribution in [-0.2, 0) is 4.79 Å². The Hall–Kier alpha value is -1.26. The van der Waals surface area contributed by atoms with Gasteiger partial charge in [-0.25, -0.2) is 9.59 Å². The molecule has 0 aromatic carbocycles. The van der Waals surface area contributed by atoms with Crippen LogP contribution >= 0.6 is 0 Å². The Balaban J connectivity index is 2.00. The molecular weight excluding hydrogens is 268 g/mol. The molecule has 1 atom stereocenters. The smallest absolute Gasteiger partial charge is 0.329 e. The molecule has 120 valence electrons. The fraction of sp³-hybridized carbons (Fsp3) is 0.875. The van der Waals surface area contributed by atoms with Gasteiger partial charge in [0.05, 0.1) is 0 Å². The number of hydrogen-bond donors (Lipinski definition) is 1. The molecular formula is C16H28N2O3. The topological polar surface area (TPSA) is 60.9 Å². The van der Waals surface area contributed by atoms with Crippen molar-refractivity contribution in [3.8, 4) is 0 Å². The SMILES string of the molecule is CN(CC1CCCCC1)C(=O)N1CCCCC1(C)C(=O)O. The van der Waals surface area contributed by atoms with Gasteiger partial charge in [-0.3, -0.25) is 0 Å². The number of carboxylic acids is 1. The summed E-state index contributed by atoms with van der Waals surface area (Å²) in [7, 11) is 1.81. The summed E-state index contributed by atoms with van der Waals surface area (Å²) >= 11 is 0. The quantitative estimate of drug-likeness (QED) is 0.871. The van der Waals surface area contributed by atoms with Gasteiger partial charge in [-0.2, -0.15) is 0 Å². The van der Waals surface area contributed by atoms with E-state index in [1.165, 1.54) is 32.1 Å². The van der Waals surface area contributed by atoms with Gasteiger partial charge < -0.3 is 14.9 Å². The summed E-state index contributed by atoms with van der Waals surface area (Å²) in [5.41, 5.74) is -1.05. The molecule has 21 heavy (non-hydrogen) atoms. The zero-order chi connectivity index (χ0) is 15.5. The van der Waals surface area contributed by atoms with Crippen molar-refractivity contribution in [3.05, 3.63) is 0 Å². The molecule has 1 aliphatic carbocycles. The lowest BCUT2D eigenvalue weighted by atomic mass is 9.88. The average molecular weight is 296 g/mol. The standard InChI is InChI=1S/C16H28N2O3/c1-16(14(19)20)10-6-7-11-18(16)15(21)17(2)12-13-8-4-3-5-9-13/h13H,3-12H2,1-2H3,(H,19,20). The number of carbonyl (C=O) groups excluding carboxylic acids is 1. The van der Waals surface area contributed by atoms with Crippen molar-refractivity contribution < 1.29 is 14.7 Å². The number of nitrogens with zero attached hydrogens (tertiary/aromatic N) is 2. The minimum atomic E-state index is -1.05. The number of rotatable bonds is 3. The minimum absolute atomic E-state index is 0.120. The second-order valence-electron chi connectivity index (χ2n) is 6.85. The van der Waals surface area contributed by atoms with Crippen LogP contribution in [0.3, 0.4) is 0 Å². The molecule has 1 saturated carbocycles. The Morgan fingerprint density at radius 1 is 1.19 bits per heavy atom. The predicted octanol–water partition coefficient (Wildman–Crippen LogP) is 2.95. The molecule has 1 unspecified atom stereocenters. The average Bonchev–Trinajstić information content (AvgIpc) is 2.48. The first kappa shape index (κ1) is 16.1. The van der Waals surface area contributed by atoms with Crippen LogP contribution in [0.5, 0.6) is 0 Å². The maximum Gasteiger partial charge on any atom is 0.329 e. The Kier molecular flexibility index (Phi) is 5.12. The van der Waals surface area contributed by atoms with Gasteiger partial charge >= 0.3 is 12.0 Å². The summed E-state index contributed by atoms with van der Waals surface area (Å²) in [6, 6.07) is -0.120. The van der Waals surface area contributed by atoms with Crippen LogP contribution < -0.4 is 0 Å². The first-order chi connectivity index (χ1) is 9.95. The number of urea groups is 1. The summed E-state index contributed by atoms with van der Waals surface area (Å²) in [4.78, 5) is 27.6. The van der Waals surface area contributed by atoms with E-state index in [1.54, 1.807) is 16.7 Å². The van der Waals surface area contributed by atoms with Gasteiger partial charge in [-0.1, -0.05) is 19.3 Å². The maximum absolute atomic E-state index is 12.7. The van der Waals surface area contributed by atoms with E-state index in [1.807, 2.05) is 7.05 Å². The second kappa shape index (κ2) is 6.67.